The maximum atomic E-state index is 3.55. The molecule has 2 heterocycles. The van der Waals surface area contributed by atoms with Crippen LogP contribution < -0.4 is 11.1 Å². The fourth-order valence-corrected chi connectivity index (χ4v) is 3.28. The lowest BCUT2D eigenvalue weighted by atomic mass is 9.65. The van der Waals surface area contributed by atoms with Crippen molar-refractivity contribution in [1.82, 2.24) is 9.97 Å². The predicted molar refractivity (Wildman–Crippen MR) is 110 cm³/mol. The molecule has 0 bridgehead atoms. The summed E-state index contributed by atoms with van der Waals surface area (Å²) >= 11 is 0. The summed E-state index contributed by atoms with van der Waals surface area (Å²) in [6.07, 6.45) is 1.83. The summed E-state index contributed by atoms with van der Waals surface area (Å²) in [6.45, 7) is 2.14. The number of aromatic amines is 2. The van der Waals surface area contributed by atoms with Gasteiger partial charge in [-0.2, -0.15) is 0 Å². The number of nitrogens with one attached hydrogen (secondary N) is 2. The number of rotatable bonds is 6. The lowest BCUT2D eigenvalue weighted by molar-refractivity contribution is 1.01. The number of hydrogen-bond donors (Lipinski definition) is 2. The van der Waals surface area contributed by atoms with Crippen LogP contribution in [0, 0.1) is 6.92 Å². The topological polar surface area (TPSA) is 31.6 Å². The zero-order valence-electron chi connectivity index (χ0n) is 15.0. The van der Waals surface area contributed by atoms with E-state index < -0.39 is 0 Å². The van der Waals surface area contributed by atoms with Gasteiger partial charge in [-0.25, -0.2) is 0 Å². The maximum absolute atomic E-state index is 3.55. The second kappa shape index (κ2) is 7.53. The van der Waals surface area contributed by atoms with Gasteiger partial charge in [0.2, 0.25) is 7.28 Å². The van der Waals surface area contributed by atoms with E-state index in [1.165, 1.54) is 33.7 Å². The highest BCUT2D eigenvalue weighted by Gasteiger charge is 2.07. The third-order valence-corrected chi connectivity index (χ3v) is 4.69. The first-order chi connectivity index (χ1) is 12.8. The zero-order valence-corrected chi connectivity index (χ0v) is 15.0. The lowest BCUT2D eigenvalue weighted by Crippen LogP contribution is -2.29. The molecule has 4 aromatic rings. The summed E-state index contributed by atoms with van der Waals surface area (Å²) < 4.78 is 0. The summed E-state index contributed by atoms with van der Waals surface area (Å²) in [6, 6.07) is 27.7. The van der Waals surface area contributed by atoms with E-state index in [0.717, 1.165) is 18.4 Å². The quantitative estimate of drug-likeness (QED) is 0.505. The molecule has 0 aliphatic carbocycles. The maximum Gasteiger partial charge on any atom is 0.214 e. The third kappa shape index (κ3) is 4.00. The second-order valence-corrected chi connectivity index (χ2v) is 6.79. The number of benzene rings is 2. The van der Waals surface area contributed by atoms with Crippen molar-refractivity contribution in [3.8, 4) is 0 Å². The molecule has 127 valence electrons. The third-order valence-electron chi connectivity index (χ3n) is 4.69. The molecule has 2 aromatic heterocycles. The predicted octanol–water partition coefficient (Wildman–Crippen LogP) is 3.49. The summed E-state index contributed by atoms with van der Waals surface area (Å²) in [7, 11) is 2.20. The van der Waals surface area contributed by atoms with Crippen LogP contribution >= 0.6 is 0 Å². The van der Waals surface area contributed by atoms with Crippen LogP contribution in [0.5, 0.6) is 0 Å². The molecule has 0 saturated heterocycles. The molecule has 0 aliphatic rings. The largest absolute Gasteiger partial charge is 0.370 e. The van der Waals surface area contributed by atoms with Crippen LogP contribution in [-0.4, -0.2) is 17.2 Å². The van der Waals surface area contributed by atoms with E-state index in [4.69, 9.17) is 0 Å². The minimum Gasteiger partial charge on any atom is -0.370 e. The van der Waals surface area contributed by atoms with Gasteiger partial charge in [-0.15, -0.1) is 0 Å². The molecule has 4 rings (SSSR count). The Hall–Kier alpha value is -2.94. The average Bonchev–Trinajstić information content (AvgIpc) is 3.28. The Morgan fingerprint density at radius 3 is 2.12 bits per heavy atom. The average molecular weight is 337 g/mol. The number of H-pyrrole nitrogens is 2. The van der Waals surface area contributed by atoms with E-state index >= 15 is 0 Å². The summed E-state index contributed by atoms with van der Waals surface area (Å²) in [5.74, 6) is 0. The van der Waals surface area contributed by atoms with Gasteiger partial charge < -0.3 is 9.97 Å². The molecule has 0 saturated carbocycles. The SMILES string of the molecule is Cc1ccccc1[B]c1ccc(Cc2ccc(Cc3ccccc3)[nH]2)[nH]1. The molecule has 0 amide bonds. The number of aryl methyl sites for hydroxylation is 1. The van der Waals surface area contributed by atoms with Crippen molar-refractivity contribution >= 4 is 18.3 Å². The van der Waals surface area contributed by atoms with Gasteiger partial charge in [0.05, 0.1) is 0 Å². The highest BCUT2D eigenvalue weighted by molar-refractivity contribution is 6.67. The van der Waals surface area contributed by atoms with Gasteiger partial charge in [-0.3, -0.25) is 0 Å². The summed E-state index contributed by atoms with van der Waals surface area (Å²) in [5, 5.41) is 0. The van der Waals surface area contributed by atoms with Crippen LogP contribution in [0.3, 0.4) is 0 Å². The van der Waals surface area contributed by atoms with Gasteiger partial charge in [0.15, 0.2) is 0 Å². The zero-order chi connectivity index (χ0) is 17.8. The van der Waals surface area contributed by atoms with Crippen molar-refractivity contribution in [3.05, 3.63) is 107 Å². The van der Waals surface area contributed by atoms with Crippen molar-refractivity contribution in [2.24, 2.45) is 0 Å². The Bertz CT molecular complexity index is 982. The highest BCUT2D eigenvalue weighted by atomic mass is 14.7. The molecule has 0 spiro atoms. The van der Waals surface area contributed by atoms with Crippen LogP contribution in [-0.2, 0) is 12.8 Å². The monoisotopic (exact) mass is 337 g/mol. The minimum atomic E-state index is 0.885. The molecule has 0 unspecified atom stereocenters. The molecule has 0 atom stereocenters. The summed E-state index contributed by atoms with van der Waals surface area (Å²) in [4.78, 5) is 7.07. The van der Waals surface area contributed by atoms with Gasteiger partial charge in [0.25, 0.3) is 0 Å². The number of hydrogen-bond acceptors (Lipinski definition) is 0. The fraction of sp³-hybridized carbons (Fsp3) is 0.130. The van der Waals surface area contributed by atoms with Gasteiger partial charge in [-0.1, -0.05) is 71.7 Å². The van der Waals surface area contributed by atoms with Crippen molar-refractivity contribution in [2.75, 3.05) is 0 Å². The molecule has 0 fully saturated rings. The van der Waals surface area contributed by atoms with Crippen LogP contribution in [0.2, 0.25) is 0 Å². The molecular weight excluding hydrogens is 315 g/mol. The molecule has 1 radical (unpaired) electrons. The van der Waals surface area contributed by atoms with E-state index in [-0.39, 0.29) is 0 Å². The first-order valence-corrected chi connectivity index (χ1v) is 9.05. The van der Waals surface area contributed by atoms with Crippen molar-refractivity contribution in [1.29, 1.82) is 0 Å². The van der Waals surface area contributed by atoms with Crippen LogP contribution in [0.15, 0.2) is 78.9 Å². The van der Waals surface area contributed by atoms with Crippen molar-refractivity contribution < 1.29 is 0 Å². The Morgan fingerprint density at radius 1 is 0.654 bits per heavy atom. The van der Waals surface area contributed by atoms with Gasteiger partial charge in [-0.05, 0) is 36.3 Å². The molecule has 0 aliphatic heterocycles. The summed E-state index contributed by atoms with van der Waals surface area (Å²) in [5.41, 5.74) is 8.73. The Labute approximate surface area is 155 Å². The Balaban J connectivity index is 1.41. The van der Waals surface area contributed by atoms with Gasteiger partial charge in [0.1, 0.15) is 0 Å². The van der Waals surface area contributed by atoms with Crippen LogP contribution in [0.4, 0.5) is 0 Å². The van der Waals surface area contributed by atoms with E-state index in [9.17, 15) is 0 Å². The molecule has 26 heavy (non-hydrogen) atoms. The first-order valence-electron chi connectivity index (χ1n) is 9.05. The Kier molecular flexibility index (Phi) is 4.79. The van der Waals surface area contributed by atoms with E-state index in [1.54, 1.807) is 0 Å². The standard InChI is InChI=1S/C23H22BN2/c1-17-7-5-6-10-22(17)24-23-14-13-21(26-23)16-20-12-11-19(25-20)15-18-8-3-2-4-9-18/h2-14,25-26H,15-16H2,1H3. The smallest absolute Gasteiger partial charge is 0.214 e. The normalized spacial score (nSPS) is 10.8. The molecule has 3 heteroatoms. The lowest BCUT2D eigenvalue weighted by Gasteiger charge is -2.02. The van der Waals surface area contributed by atoms with Crippen LogP contribution in [0.1, 0.15) is 28.2 Å². The van der Waals surface area contributed by atoms with E-state index in [2.05, 4.69) is 103 Å². The van der Waals surface area contributed by atoms with E-state index in [1.807, 2.05) is 0 Å². The molecule has 2 nitrogen and oxygen atoms in total. The van der Waals surface area contributed by atoms with Crippen molar-refractivity contribution in [2.45, 2.75) is 19.8 Å². The van der Waals surface area contributed by atoms with Gasteiger partial charge >= 0.3 is 0 Å². The molecule has 2 aromatic carbocycles. The minimum absolute atomic E-state index is 0.885. The highest BCUT2D eigenvalue weighted by Crippen LogP contribution is 2.11. The van der Waals surface area contributed by atoms with Crippen LogP contribution in [0.25, 0.3) is 0 Å². The molecular formula is C23H22BN2. The molecule has 2 N–H and O–H groups in total. The van der Waals surface area contributed by atoms with Gasteiger partial charge in [0, 0.05) is 29.9 Å². The Morgan fingerprint density at radius 2 is 1.31 bits per heavy atom. The number of aromatic nitrogens is 2. The van der Waals surface area contributed by atoms with E-state index in [0.29, 0.717) is 0 Å². The van der Waals surface area contributed by atoms with Crippen molar-refractivity contribution in [3.63, 3.8) is 0 Å². The second-order valence-electron chi connectivity index (χ2n) is 6.79. The first kappa shape index (κ1) is 16.5. The fourth-order valence-electron chi connectivity index (χ4n) is 3.28.